The average Bonchev–Trinajstić information content (AvgIpc) is 2.28. The third kappa shape index (κ3) is 5.65. The van der Waals surface area contributed by atoms with E-state index in [0.29, 0.717) is 19.0 Å². The molecular weight excluding hydrogens is 292 g/mol. The SMILES string of the molecule is CC(C)NCCC(=O)N[C@H](C)c1cccc(Br)c1. The molecule has 1 atom stereocenters. The van der Waals surface area contributed by atoms with E-state index in [1.54, 1.807) is 0 Å². The van der Waals surface area contributed by atoms with E-state index < -0.39 is 0 Å². The molecule has 1 aromatic rings. The summed E-state index contributed by atoms with van der Waals surface area (Å²) in [6.07, 6.45) is 0.510. The maximum absolute atomic E-state index is 11.7. The molecule has 0 heterocycles. The number of halogens is 1. The van der Waals surface area contributed by atoms with Crippen molar-refractivity contribution in [2.24, 2.45) is 0 Å². The third-order valence-corrected chi connectivity index (χ3v) is 3.12. The van der Waals surface area contributed by atoms with Crippen molar-refractivity contribution in [3.05, 3.63) is 34.3 Å². The maximum Gasteiger partial charge on any atom is 0.221 e. The topological polar surface area (TPSA) is 41.1 Å². The molecule has 1 amide bonds. The van der Waals surface area contributed by atoms with E-state index in [-0.39, 0.29) is 11.9 Å². The first-order valence-corrected chi connectivity index (χ1v) is 7.06. The van der Waals surface area contributed by atoms with Crippen LogP contribution in [-0.2, 0) is 4.79 Å². The number of benzene rings is 1. The van der Waals surface area contributed by atoms with Crippen LogP contribution in [0.15, 0.2) is 28.7 Å². The van der Waals surface area contributed by atoms with Crippen molar-refractivity contribution in [2.75, 3.05) is 6.54 Å². The van der Waals surface area contributed by atoms with Crippen molar-refractivity contribution in [1.82, 2.24) is 10.6 Å². The van der Waals surface area contributed by atoms with Gasteiger partial charge in [-0.25, -0.2) is 0 Å². The molecule has 0 aliphatic heterocycles. The second-order valence-corrected chi connectivity index (χ2v) is 5.62. The van der Waals surface area contributed by atoms with Crippen LogP contribution in [0.2, 0.25) is 0 Å². The quantitative estimate of drug-likeness (QED) is 0.847. The molecular formula is C14H21BrN2O. The summed E-state index contributed by atoms with van der Waals surface area (Å²) >= 11 is 3.43. The van der Waals surface area contributed by atoms with Gasteiger partial charge >= 0.3 is 0 Å². The summed E-state index contributed by atoms with van der Waals surface area (Å²) in [5.41, 5.74) is 1.11. The lowest BCUT2D eigenvalue weighted by atomic mass is 10.1. The minimum Gasteiger partial charge on any atom is -0.350 e. The molecule has 0 radical (unpaired) electrons. The first-order chi connectivity index (χ1) is 8.49. The van der Waals surface area contributed by atoms with Gasteiger partial charge in [-0.15, -0.1) is 0 Å². The molecule has 0 unspecified atom stereocenters. The Bertz CT molecular complexity index is 393. The minimum absolute atomic E-state index is 0.0362. The highest BCUT2D eigenvalue weighted by Crippen LogP contribution is 2.17. The summed E-state index contributed by atoms with van der Waals surface area (Å²) < 4.78 is 1.03. The Kier molecular flexibility index (Phi) is 6.36. The second-order valence-electron chi connectivity index (χ2n) is 4.70. The minimum atomic E-state index is 0.0362. The number of amides is 1. The van der Waals surface area contributed by atoms with Crippen LogP contribution in [0.1, 0.15) is 38.8 Å². The van der Waals surface area contributed by atoms with Crippen molar-refractivity contribution in [2.45, 2.75) is 39.3 Å². The predicted octanol–water partition coefficient (Wildman–Crippen LogP) is 3.01. The number of hydrogen-bond donors (Lipinski definition) is 2. The monoisotopic (exact) mass is 312 g/mol. The van der Waals surface area contributed by atoms with Crippen LogP contribution in [0.4, 0.5) is 0 Å². The van der Waals surface area contributed by atoms with Crippen LogP contribution in [-0.4, -0.2) is 18.5 Å². The van der Waals surface area contributed by atoms with Crippen molar-refractivity contribution >= 4 is 21.8 Å². The molecule has 0 saturated heterocycles. The molecule has 3 nitrogen and oxygen atoms in total. The van der Waals surface area contributed by atoms with Gasteiger partial charge in [-0.2, -0.15) is 0 Å². The largest absolute Gasteiger partial charge is 0.350 e. The van der Waals surface area contributed by atoms with Gasteiger partial charge in [0.15, 0.2) is 0 Å². The third-order valence-electron chi connectivity index (χ3n) is 2.63. The molecule has 0 spiro atoms. The zero-order valence-corrected chi connectivity index (χ0v) is 12.8. The molecule has 0 aliphatic carbocycles. The molecule has 0 aliphatic rings. The summed E-state index contributed by atoms with van der Waals surface area (Å²) in [6, 6.07) is 8.45. The zero-order chi connectivity index (χ0) is 13.5. The molecule has 100 valence electrons. The van der Waals surface area contributed by atoms with Gasteiger partial charge in [0.05, 0.1) is 6.04 Å². The van der Waals surface area contributed by atoms with E-state index in [1.165, 1.54) is 0 Å². The Labute approximate surface area is 117 Å². The Hall–Kier alpha value is -0.870. The van der Waals surface area contributed by atoms with Crippen molar-refractivity contribution in [3.8, 4) is 0 Å². The van der Waals surface area contributed by atoms with Gasteiger partial charge in [0.25, 0.3) is 0 Å². The summed E-state index contributed by atoms with van der Waals surface area (Å²) in [6.45, 7) is 6.86. The lowest BCUT2D eigenvalue weighted by Gasteiger charge is -2.15. The van der Waals surface area contributed by atoms with Crippen molar-refractivity contribution in [1.29, 1.82) is 0 Å². The lowest BCUT2D eigenvalue weighted by Crippen LogP contribution is -2.31. The number of nitrogens with one attached hydrogen (secondary N) is 2. The van der Waals surface area contributed by atoms with Gasteiger partial charge < -0.3 is 10.6 Å². The normalized spacial score (nSPS) is 12.5. The van der Waals surface area contributed by atoms with E-state index in [1.807, 2.05) is 31.2 Å². The van der Waals surface area contributed by atoms with Crippen LogP contribution < -0.4 is 10.6 Å². The number of carbonyl (C=O) groups is 1. The molecule has 18 heavy (non-hydrogen) atoms. The van der Waals surface area contributed by atoms with Crippen LogP contribution >= 0.6 is 15.9 Å². The zero-order valence-electron chi connectivity index (χ0n) is 11.2. The van der Waals surface area contributed by atoms with Crippen LogP contribution in [0.5, 0.6) is 0 Å². The highest BCUT2D eigenvalue weighted by atomic mass is 79.9. The Morgan fingerprint density at radius 1 is 1.33 bits per heavy atom. The van der Waals surface area contributed by atoms with Gasteiger partial charge in [-0.05, 0) is 24.6 Å². The highest BCUT2D eigenvalue weighted by Gasteiger charge is 2.09. The van der Waals surface area contributed by atoms with E-state index in [2.05, 4.69) is 40.4 Å². The fourth-order valence-electron chi connectivity index (χ4n) is 1.65. The highest BCUT2D eigenvalue weighted by molar-refractivity contribution is 9.10. The van der Waals surface area contributed by atoms with Crippen LogP contribution in [0, 0.1) is 0 Å². The number of carbonyl (C=O) groups excluding carboxylic acids is 1. The fraction of sp³-hybridized carbons (Fsp3) is 0.500. The molecule has 1 rings (SSSR count). The van der Waals surface area contributed by atoms with E-state index in [4.69, 9.17) is 0 Å². The van der Waals surface area contributed by atoms with Crippen molar-refractivity contribution < 1.29 is 4.79 Å². The molecule has 0 aromatic heterocycles. The lowest BCUT2D eigenvalue weighted by molar-refractivity contribution is -0.121. The number of hydrogen-bond acceptors (Lipinski definition) is 2. The van der Waals surface area contributed by atoms with E-state index >= 15 is 0 Å². The Balaban J connectivity index is 2.40. The summed E-state index contributed by atoms with van der Waals surface area (Å²) in [4.78, 5) is 11.7. The predicted molar refractivity (Wildman–Crippen MR) is 78.5 cm³/mol. The fourth-order valence-corrected chi connectivity index (χ4v) is 2.06. The van der Waals surface area contributed by atoms with Gasteiger partial charge in [0.2, 0.25) is 5.91 Å². The first-order valence-electron chi connectivity index (χ1n) is 6.27. The van der Waals surface area contributed by atoms with E-state index in [0.717, 1.165) is 10.0 Å². The average molecular weight is 313 g/mol. The first kappa shape index (κ1) is 15.2. The Morgan fingerprint density at radius 3 is 2.67 bits per heavy atom. The molecule has 0 bridgehead atoms. The van der Waals surface area contributed by atoms with Crippen molar-refractivity contribution in [3.63, 3.8) is 0 Å². The van der Waals surface area contributed by atoms with E-state index in [9.17, 15) is 4.79 Å². The maximum atomic E-state index is 11.7. The molecule has 4 heteroatoms. The molecule has 2 N–H and O–H groups in total. The summed E-state index contributed by atoms with van der Waals surface area (Å²) in [5.74, 6) is 0.0793. The second kappa shape index (κ2) is 7.54. The van der Waals surface area contributed by atoms with Crippen LogP contribution in [0.3, 0.4) is 0 Å². The standard InChI is InChI=1S/C14H21BrN2O/c1-10(2)16-8-7-14(18)17-11(3)12-5-4-6-13(15)9-12/h4-6,9-11,16H,7-8H2,1-3H3,(H,17,18)/t11-/m1/s1. The summed E-state index contributed by atoms with van der Waals surface area (Å²) in [7, 11) is 0. The summed E-state index contributed by atoms with van der Waals surface area (Å²) in [5, 5.41) is 6.23. The van der Waals surface area contributed by atoms with Gasteiger partial charge in [-0.1, -0.05) is 41.9 Å². The van der Waals surface area contributed by atoms with Gasteiger partial charge in [0.1, 0.15) is 0 Å². The smallest absolute Gasteiger partial charge is 0.221 e. The molecule has 0 saturated carbocycles. The van der Waals surface area contributed by atoms with Gasteiger partial charge in [-0.3, -0.25) is 4.79 Å². The Morgan fingerprint density at radius 2 is 2.06 bits per heavy atom. The molecule has 0 fully saturated rings. The molecule has 1 aromatic carbocycles. The number of rotatable bonds is 6. The van der Waals surface area contributed by atoms with Gasteiger partial charge in [0, 0.05) is 23.5 Å². The van der Waals surface area contributed by atoms with Crippen LogP contribution in [0.25, 0.3) is 0 Å².